The molecule has 0 saturated heterocycles. The third-order valence-electron chi connectivity index (χ3n) is 4.31. The average molecular weight is 420 g/mol. The molecule has 0 unspecified atom stereocenters. The summed E-state index contributed by atoms with van der Waals surface area (Å²) in [6.07, 6.45) is 4.97. The van der Waals surface area contributed by atoms with Crippen molar-refractivity contribution in [2.75, 3.05) is 19.0 Å². The van der Waals surface area contributed by atoms with Crippen LogP contribution in [-0.4, -0.2) is 35.3 Å². The van der Waals surface area contributed by atoms with Gasteiger partial charge < -0.3 is 20.1 Å². The Morgan fingerprint density at radius 1 is 1.16 bits per heavy atom. The molecule has 3 rings (SSSR count). The van der Waals surface area contributed by atoms with Gasteiger partial charge in [0.1, 0.15) is 13.2 Å². The van der Waals surface area contributed by atoms with Crippen LogP contribution in [-0.2, 0) is 17.9 Å². The Bertz CT molecular complexity index is 1050. The van der Waals surface area contributed by atoms with Gasteiger partial charge in [-0.3, -0.25) is 14.3 Å². The monoisotopic (exact) mass is 420 g/mol. The molecule has 160 valence electrons. The maximum absolute atomic E-state index is 12.5. The summed E-state index contributed by atoms with van der Waals surface area (Å²) < 4.78 is 12.3. The quantitative estimate of drug-likeness (QED) is 0.492. The van der Waals surface area contributed by atoms with Gasteiger partial charge in [-0.15, -0.1) is 0 Å². The Labute approximate surface area is 180 Å². The molecular formula is C23H24N4O4. The molecule has 8 nitrogen and oxygen atoms in total. The fourth-order valence-corrected chi connectivity index (χ4v) is 2.86. The van der Waals surface area contributed by atoms with Crippen molar-refractivity contribution in [3.63, 3.8) is 0 Å². The van der Waals surface area contributed by atoms with E-state index in [-0.39, 0.29) is 18.4 Å². The van der Waals surface area contributed by atoms with Crippen LogP contribution in [0.1, 0.15) is 15.9 Å². The van der Waals surface area contributed by atoms with Crippen molar-refractivity contribution >= 4 is 17.5 Å². The van der Waals surface area contributed by atoms with Crippen molar-refractivity contribution in [2.45, 2.75) is 13.1 Å². The molecule has 0 atom stereocenters. The van der Waals surface area contributed by atoms with Gasteiger partial charge in [-0.2, -0.15) is 5.10 Å². The second-order valence-corrected chi connectivity index (χ2v) is 6.60. The second-order valence-electron chi connectivity index (χ2n) is 6.60. The first-order valence-corrected chi connectivity index (χ1v) is 9.65. The highest BCUT2D eigenvalue weighted by molar-refractivity contribution is 5.95. The number of anilines is 1. The smallest absolute Gasteiger partial charge is 0.251 e. The fourth-order valence-electron chi connectivity index (χ4n) is 2.86. The number of rotatable bonds is 10. The molecule has 0 aliphatic carbocycles. The van der Waals surface area contributed by atoms with E-state index in [0.29, 0.717) is 35.9 Å². The van der Waals surface area contributed by atoms with Gasteiger partial charge in [0, 0.05) is 30.2 Å². The summed E-state index contributed by atoms with van der Waals surface area (Å²) in [4.78, 5) is 24.7. The standard InChI is InChI=1S/C23H24N4O4/c1-3-12-31-20-9-8-18(14-21(20)30-2)23(29)24-15-17-6-4-7-19(13-17)26-22(28)16-27-11-5-10-25-27/h3-11,13-14H,1,12,15-16H2,2H3,(H,24,29)(H,26,28). The molecular weight excluding hydrogens is 396 g/mol. The zero-order chi connectivity index (χ0) is 22.1. The predicted molar refractivity (Wildman–Crippen MR) is 117 cm³/mol. The van der Waals surface area contributed by atoms with Gasteiger partial charge in [-0.05, 0) is 42.0 Å². The summed E-state index contributed by atoms with van der Waals surface area (Å²) in [6, 6.07) is 14.0. The molecule has 0 radical (unpaired) electrons. The summed E-state index contributed by atoms with van der Waals surface area (Å²) >= 11 is 0. The fraction of sp³-hybridized carbons (Fsp3) is 0.174. The zero-order valence-electron chi connectivity index (χ0n) is 17.2. The highest BCUT2D eigenvalue weighted by Crippen LogP contribution is 2.28. The molecule has 1 heterocycles. The highest BCUT2D eigenvalue weighted by atomic mass is 16.5. The van der Waals surface area contributed by atoms with E-state index in [1.807, 2.05) is 18.2 Å². The minimum absolute atomic E-state index is 0.127. The van der Waals surface area contributed by atoms with Crippen molar-refractivity contribution in [1.29, 1.82) is 0 Å². The number of nitrogens with one attached hydrogen (secondary N) is 2. The van der Waals surface area contributed by atoms with Gasteiger partial charge in [-0.25, -0.2) is 0 Å². The largest absolute Gasteiger partial charge is 0.493 e. The van der Waals surface area contributed by atoms with Crippen LogP contribution < -0.4 is 20.1 Å². The van der Waals surface area contributed by atoms with E-state index < -0.39 is 0 Å². The first-order chi connectivity index (χ1) is 15.1. The minimum Gasteiger partial charge on any atom is -0.493 e. The number of carbonyl (C=O) groups is 2. The molecule has 2 N–H and O–H groups in total. The Morgan fingerprint density at radius 3 is 2.77 bits per heavy atom. The lowest BCUT2D eigenvalue weighted by Gasteiger charge is -2.12. The van der Waals surface area contributed by atoms with Crippen molar-refractivity contribution in [1.82, 2.24) is 15.1 Å². The van der Waals surface area contributed by atoms with E-state index in [2.05, 4.69) is 22.3 Å². The van der Waals surface area contributed by atoms with Crippen molar-refractivity contribution in [3.8, 4) is 11.5 Å². The Morgan fingerprint density at radius 2 is 2.03 bits per heavy atom. The van der Waals surface area contributed by atoms with Crippen LogP contribution in [0.5, 0.6) is 11.5 Å². The van der Waals surface area contributed by atoms with Gasteiger partial charge in [0.05, 0.1) is 7.11 Å². The van der Waals surface area contributed by atoms with Crippen molar-refractivity contribution in [3.05, 3.63) is 84.7 Å². The molecule has 0 saturated carbocycles. The summed E-state index contributed by atoms with van der Waals surface area (Å²) in [6.45, 7) is 4.39. The van der Waals surface area contributed by atoms with Crippen LogP contribution in [0, 0.1) is 0 Å². The number of hydrogen-bond acceptors (Lipinski definition) is 5. The summed E-state index contributed by atoms with van der Waals surface area (Å²) in [5.41, 5.74) is 1.95. The molecule has 3 aromatic rings. The molecule has 0 aliphatic rings. The maximum Gasteiger partial charge on any atom is 0.251 e. The highest BCUT2D eigenvalue weighted by Gasteiger charge is 2.11. The Hall–Kier alpha value is -4.07. The van der Waals surface area contributed by atoms with Gasteiger partial charge in [-0.1, -0.05) is 24.8 Å². The van der Waals surface area contributed by atoms with E-state index in [1.165, 1.54) is 7.11 Å². The number of amides is 2. The molecule has 0 spiro atoms. The van der Waals surface area contributed by atoms with Crippen LogP contribution in [0.15, 0.2) is 73.6 Å². The number of ether oxygens (including phenoxy) is 2. The third kappa shape index (κ3) is 6.20. The minimum atomic E-state index is -0.248. The molecule has 1 aromatic heterocycles. The summed E-state index contributed by atoms with van der Waals surface area (Å²) in [7, 11) is 1.52. The van der Waals surface area contributed by atoms with E-state index in [4.69, 9.17) is 9.47 Å². The lowest BCUT2D eigenvalue weighted by molar-refractivity contribution is -0.116. The molecule has 8 heteroatoms. The summed E-state index contributed by atoms with van der Waals surface area (Å²) in [5.74, 6) is 0.575. The van der Waals surface area contributed by atoms with Gasteiger partial charge in [0.15, 0.2) is 11.5 Å². The number of carbonyl (C=O) groups excluding carboxylic acids is 2. The first-order valence-electron chi connectivity index (χ1n) is 9.65. The molecule has 0 fully saturated rings. The molecule has 0 bridgehead atoms. The number of benzene rings is 2. The van der Waals surface area contributed by atoms with E-state index in [0.717, 1.165) is 5.56 Å². The third-order valence-corrected chi connectivity index (χ3v) is 4.31. The summed E-state index contributed by atoms with van der Waals surface area (Å²) in [5, 5.41) is 9.71. The van der Waals surface area contributed by atoms with Crippen LogP contribution >= 0.6 is 0 Å². The number of nitrogens with zero attached hydrogens (tertiary/aromatic N) is 2. The topological polar surface area (TPSA) is 94.5 Å². The molecule has 31 heavy (non-hydrogen) atoms. The van der Waals surface area contributed by atoms with Crippen molar-refractivity contribution < 1.29 is 19.1 Å². The van der Waals surface area contributed by atoms with E-state index in [9.17, 15) is 9.59 Å². The molecule has 2 aromatic carbocycles. The van der Waals surface area contributed by atoms with Gasteiger partial charge in [0.25, 0.3) is 5.91 Å². The molecule has 0 aliphatic heterocycles. The van der Waals surface area contributed by atoms with Crippen LogP contribution in [0.4, 0.5) is 5.69 Å². The predicted octanol–water partition coefficient (Wildman–Crippen LogP) is 3.03. The normalized spacial score (nSPS) is 10.2. The van der Waals surface area contributed by atoms with Crippen LogP contribution in [0.3, 0.4) is 0 Å². The lowest BCUT2D eigenvalue weighted by atomic mass is 10.1. The Balaban J connectivity index is 1.58. The van der Waals surface area contributed by atoms with E-state index in [1.54, 1.807) is 53.5 Å². The Kier molecular flexibility index (Phi) is 7.42. The van der Waals surface area contributed by atoms with Gasteiger partial charge >= 0.3 is 0 Å². The molecule has 2 amide bonds. The first kappa shape index (κ1) is 21.6. The van der Waals surface area contributed by atoms with Gasteiger partial charge in [0.2, 0.25) is 5.91 Å². The SMILES string of the molecule is C=CCOc1ccc(C(=O)NCc2cccc(NC(=O)Cn3cccn3)c2)cc1OC. The lowest BCUT2D eigenvalue weighted by Crippen LogP contribution is -2.23. The number of aromatic nitrogens is 2. The maximum atomic E-state index is 12.5. The number of methoxy groups -OCH3 is 1. The zero-order valence-corrected chi connectivity index (χ0v) is 17.2. The average Bonchev–Trinajstić information content (AvgIpc) is 3.29. The van der Waals surface area contributed by atoms with Crippen LogP contribution in [0.25, 0.3) is 0 Å². The van der Waals surface area contributed by atoms with Crippen molar-refractivity contribution in [2.24, 2.45) is 0 Å². The second kappa shape index (κ2) is 10.6. The van der Waals surface area contributed by atoms with Crippen LogP contribution in [0.2, 0.25) is 0 Å². The number of hydrogen-bond donors (Lipinski definition) is 2. The van der Waals surface area contributed by atoms with E-state index >= 15 is 0 Å².